The largest absolute Gasteiger partial charge is 0.490 e. The van der Waals surface area contributed by atoms with Gasteiger partial charge in [0, 0.05) is 53.8 Å². The van der Waals surface area contributed by atoms with E-state index in [0.717, 1.165) is 85.3 Å². The number of hydrogen-bond acceptors (Lipinski definition) is 4. The molecule has 1 fully saturated rings. The molecular weight excluding hydrogens is 456 g/mol. The van der Waals surface area contributed by atoms with Crippen molar-refractivity contribution in [1.82, 2.24) is 9.88 Å². The first-order valence-electron chi connectivity index (χ1n) is 12.8. The predicted molar refractivity (Wildman–Crippen MR) is 144 cm³/mol. The molecule has 1 aromatic heterocycles. The Morgan fingerprint density at radius 1 is 0.971 bits per heavy atom. The van der Waals surface area contributed by atoms with Crippen LogP contribution in [0.15, 0.2) is 48.5 Å². The van der Waals surface area contributed by atoms with E-state index in [9.17, 15) is 0 Å². The second kappa shape index (κ2) is 12.0. The number of benzene rings is 2. The topological polar surface area (TPSA) is 34.6 Å². The number of aryl methyl sites for hydroxylation is 3. The van der Waals surface area contributed by atoms with E-state index in [0.29, 0.717) is 0 Å². The predicted octanol–water partition coefficient (Wildman–Crippen LogP) is 7.03. The van der Waals surface area contributed by atoms with Crippen LogP contribution in [-0.4, -0.2) is 36.2 Å². The number of rotatable bonds is 9. The fourth-order valence-electron chi connectivity index (χ4n) is 4.88. The van der Waals surface area contributed by atoms with Crippen LogP contribution in [0.25, 0.3) is 11.3 Å². The van der Waals surface area contributed by atoms with Crippen molar-refractivity contribution >= 4 is 11.6 Å². The lowest BCUT2D eigenvalue weighted by Gasteiger charge is -2.27. The van der Waals surface area contributed by atoms with Gasteiger partial charge in [-0.25, -0.2) is 0 Å². The number of pyridine rings is 1. The zero-order valence-corrected chi connectivity index (χ0v) is 22.2. The first-order chi connectivity index (χ1) is 17.0. The van der Waals surface area contributed by atoms with Crippen LogP contribution in [0.3, 0.4) is 0 Å². The van der Waals surface area contributed by atoms with E-state index >= 15 is 0 Å². The molecule has 0 unspecified atom stereocenters. The Labute approximate surface area is 215 Å². The molecule has 1 saturated heterocycles. The second-order valence-electron chi connectivity index (χ2n) is 9.42. The molecule has 0 aliphatic carbocycles. The van der Waals surface area contributed by atoms with Crippen molar-refractivity contribution in [2.45, 2.75) is 65.6 Å². The molecule has 2 aromatic carbocycles. The van der Waals surface area contributed by atoms with Gasteiger partial charge in [0.25, 0.3) is 0 Å². The molecule has 0 radical (unpaired) electrons. The molecule has 4 rings (SSSR count). The summed E-state index contributed by atoms with van der Waals surface area (Å²) in [5.41, 5.74) is 8.21. The molecule has 0 bridgehead atoms. The SMILES string of the molecule is CCc1cccc(CC)c1-c1cc(OC2CCOCC2)c(CN(C)Cc2ccccc2Cl)c(C)n1. The van der Waals surface area contributed by atoms with Crippen LogP contribution in [0.4, 0.5) is 0 Å². The van der Waals surface area contributed by atoms with Crippen LogP contribution >= 0.6 is 11.6 Å². The minimum absolute atomic E-state index is 0.165. The molecule has 0 atom stereocenters. The van der Waals surface area contributed by atoms with Gasteiger partial charge < -0.3 is 9.47 Å². The number of ether oxygens (including phenoxy) is 2. The van der Waals surface area contributed by atoms with Gasteiger partial charge in [0.1, 0.15) is 11.9 Å². The Balaban J connectivity index is 1.71. The van der Waals surface area contributed by atoms with Crippen LogP contribution in [0.1, 0.15) is 54.6 Å². The second-order valence-corrected chi connectivity index (χ2v) is 9.83. The van der Waals surface area contributed by atoms with E-state index in [2.05, 4.69) is 63.1 Å². The van der Waals surface area contributed by atoms with Crippen LogP contribution in [0.2, 0.25) is 5.02 Å². The summed E-state index contributed by atoms with van der Waals surface area (Å²) >= 11 is 6.43. The van der Waals surface area contributed by atoms with Gasteiger partial charge in [-0.3, -0.25) is 9.88 Å². The number of aromatic nitrogens is 1. The van der Waals surface area contributed by atoms with Crippen LogP contribution < -0.4 is 4.74 Å². The minimum Gasteiger partial charge on any atom is -0.490 e. The summed E-state index contributed by atoms with van der Waals surface area (Å²) in [5.74, 6) is 0.943. The normalized spacial score (nSPS) is 14.5. The van der Waals surface area contributed by atoms with Crippen LogP contribution in [0, 0.1) is 6.92 Å². The molecule has 4 nitrogen and oxygen atoms in total. The lowest BCUT2D eigenvalue weighted by molar-refractivity contribution is 0.0249. The summed E-state index contributed by atoms with van der Waals surface area (Å²) in [5, 5.41) is 0.798. The Kier molecular flexibility index (Phi) is 8.83. The molecule has 1 aliphatic rings. The fraction of sp³-hybridized carbons (Fsp3) is 0.433. The van der Waals surface area contributed by atoms with Gasteiger partial charge >= 0.3 is 0 Å². The molecule has 0 N–H and O–H groups in total. The maximum atomic E-state index is 6.68. The fourth-order valence-corrected chi connectivity index (χ4v) is 5.08. The first kappa shape index (κ1) is 25.7. The monoisotopic (exact) mass is 492 g/mol. The molecule has 186 valence electrons. The number of nitrogens with zero attached hydrogens (tertiary/aromatic N) is 2. The van der Waals surface area contributed by atoms with Crippen LogP contribution in [0.5, 0.6) is 5.75 Å². The lowest BCUT2D eigenvalue weighted by Crippen LogP contribution is -2.27. The summed E-state index contributed by atoms with van der Waals surface area (Å²) in [7, 11) is 2.12. The van der Waals surface area contributed by atoms with Gasteiger partial charge in [0.2, 0.25) is 0 Å². The quantitative estimate of drug-likeness (QED) is 0.321. The summed E-state index contributed by atoms with van der Waals surface area (Å²) in [6, 6.07) is 16.8. The highest BCUT2D eigenvalue weighted by Crippen LogP contribution is 2.34. The van der Waals surface area contributed by atoms with Crippen molar-refractivity contribution in [3.63, 3.8) is 0 Å². The van der Waals surface area contributed by atoms with E-state index < -0.39 is 0 Å². The first-order valence-corrected chi connectivity index (χ1v) is 13.2. The van der Waals surface area contributed by atoms with Gasteiger partial charge in [-0.05, 0) is 49.6 Å². The molecular formula is C30H37ClN2O2. The van der Waals surface area contributed by atoms with Gasteiger partial charge in [-0.2, -0.15) is 0 Å². The van der Waals surface area contributed by atoms with E-state index in [1.165, 1.54) is 16.7 Å². The zero-order chi connectivity index (χ0) is 24.8. The molecule has 1 aliphatic heterocycles. The highest BCUT2D eigenvalue weighted by molar-refractivity contribution is 6.31. The maximum Gasteiger partial charge on any atom is 0.128 e. The van der Waals surface area contributed by atoms with E-state index in [1.807, 2.05) is 18.2 Å². The lowest BCUT2D eigenvalue weighted by atomic mass is 9.94. The summed E-state index contributed by atoms with van der Waals surface area (Å²) < 4.78 is 12.3. The van der Waals surface area contributed by atoms with Crippen molar-refractivity contribution in [1.29, 1.82) is 0 Å². The zero-order valence-electron chi connectivity index (χ0n) is 21.4. The van der Waals surface area contributed by atoms with Crippen LogP contribution in [-0.2, 0) is 30.7 Å². The number of hydrogen-bond donors (Lipinski definition) is 0. The third kappa shape index (κ3) is 6.24. The molecule has 0 amide bonds. The number of halogens is 1. The molecule has 5 heteroatoms. The van der Waals surface area contributed by atoms with Gasteiger partial charge in [-0.15, -0.1) is 0 Å². The summed E-state index contributed by atoms with van der Waals surface area (Å²) in [6.07, 6.45) is 3.94. The Hall–Kier alpha value is -2.40. The molecule has 3 aromatic rings. The van der Waals surface area contributed by atoms with E-state index in [4.69, 9.17) is 26.1 Å². The standard InChI is InChI=1S/C30H37ClN2O2/c1-5-22-11-9-12-23(6-2)30(22)28-18-29(35-25-14-16-34-17-15-25)26(21(3)32-28)20-33(4)19-24-10-7-8-13-27(24)31/h7-13,18,25H,5-6,14-17,19-20H2,1-4H3. The van der Waals surface area contributed by atoms with Gasteiger partial charge in [0.05, 0.1) is 18.9 Å². The third-order valence-corrected chi connectivity index (χ3v) is 7.20. The summed E-state index contributed by atoms with van der Waals surface area (Å²) in [4.78, 5) is 7.41. The molecule has 0 spiro atoms. The van der Waals surface area contributed by atoms with E-state index in [1.54, 1.807) is 0 Å². The third-order valence-electron chi connectivity index (χ3n) is 6.83. The average Bonchev–Trinajstić information content (AvgIpc) is 2.87. The van der Waals surface area contributed by atoms with Crippen molar-refractivity contribution < 1.29 is 9.47 Å². The molecule has 0 saturated carbocycles. The highest BCUT2D eigenvalue weighted by atomic mass is 35.5. The minimum atomic E-state index is 0.165. The highest BCUT2D eigenvalue weighted by Gasteiger charge is 2.22. The molecule has 35 heavy (non-hydrogen) atoms. The summed E-state index contributed by atoms with van der Waals surface area (Å²) in [6.45, 7) is 9.53. The van der Waals surface area contributed by atoms with Gasteiger partial charge in [-0.1, -0.05) is 61.8 Å². The van der Waals surface area contributed by atoms with Crippen molar-refractivity contribution in [2.75, 3.05) is 20.3 Å². The Morgan fingerprint density at radius 3 is 2.29 bits per heavy atom. The van der Waals surface area contributed by atoms with Crippen molar-refractivity contribution in [3.05, 3.63) is 81.5 Å². The van der Waals surface area contributed by atoms with Gasteiger partial charge in [0.15, 0.2) is 0 Å². The average molecular weight is 493 g/mol. The Morgan fingerprint density at radius 2 is 1.63 bits per heavy atom. The van der Waals surface area contributed by atoms with Crippen molar-refractivity contribution in [3.8, 4) is 17.0 Å². The van der Waals surface area contributed by atoms with E-state index in [-0.39, 0.29) is 6.10 Å². The Bertz CT molecular complexity index is 1120. The maximum absolute atomic E-state index is 6.68. The van der Waals surface area contributed by atoms with Crippen molar-refractivity contribution in [2.24, 2.45) is 0 Å². The smallest absolute Gasteiger partial charge is 0.128 e. The molecule has 2 heterocycles.